The van der Waals surface area contributed by atoms with Crippen LogP contribution < -0.4 is 5.56 Å². The molecule has 8 heteroatoms. The number of carbonyl (C=O) groups excluding carboxylic acids is 1. The molecule has 0 N–H and O–H groups in total. The van der Waals surface area contributed by atoms with Crippen molar-refractivity contribution in [1.29, 1.82) is 0 Å². The topological polar surface area (TPSA) is 56.5 Å². The van der Waals surface area contributed by atoms with Gasteiger partial charge in [-0.25, -0.2) is 0 Å². The van der Waals surface area contributed by atoms with Crippen LogP contribution in [0.2, 0.25) is 0 Å². The highest BCUT2D eigenvalue weighted by molar-refractivity contribution is 6.07. The van der Waals surface area contributed by atoms with E-state index in [2.05, 4.69) is 4.74 Å². The van der Waals surface area contributed by atoms with Gasteiger partial charge < -0.3 is 18.8 Å². The summed E-state index contributed by atoms with van der Waals surface area (Å²) in [5.74, 6) is -0.340. The molecule has 0 atom stereocenters. The third-order valence-corrected chi connectivity index (χ3v) is 4.14. The molecule has 2 aromatic rings. The van der Waals surface area contributed by atoms with Crippen molar-refractivity contribution in [2.45, 2.75) is 19.6 Å². The lowest BCUT2D eigenvalue weighted by atomic mass is 10.1. The summed E-state index contributed by atoms with van der Waals surface area (Å²) in [6.07, 6.45) is 2.68. The number of fused-ring (bicyclic) bond motifs is 1. The van der Waals surface area contributed by atoms with Crippen molar-refractivity contribution >= 4 is 16.8 Å². The summed E-state index contributed by atoms with van der Waals surface area (Å²) in [5.41, 5.74) is 1.63. The van der Waals surface area contributed by atoms with Crippen LogP contribution in [0, 0.1) is 6.92 Å². The van der Waals surface area contributed by atoms with Crippen LogP contribution >= 0.6 is 0 Å². The molecule has 0 unspecified atom stereocenters. The average molecular weight is 325 g/mol. The Kier molecular flexibility index (Phi) is 3.71. The zero-order chi connectivity index (χ0) is 16.9. The van der Waals surface area contributed by atoms with E-state index in [1.54, 1.807) is 31.1 Å². The minimum atomic E-state index is -2.84. The molecule has 124 valence electrons. The lowest BCUT2D eigenvalue weighted by molar-refractivity contribution is -0.189. The first-order chi connectivity index (χ1) is 10.8. The number of rotatable bonds is 3. The van der Waals surface area contributed by atoms with Gasteiger partial charge in [-0.3, -0.25) is 9.59 Å². The molecule has 6 nitrogen and oxygen atoms in total. The Morgan fingerprint density at radius 2 is 1.91 bits per heavy atom. The maximum atomic E-state index is 12.6. The number of alkyl halides is 2. The number of hydrogen-bond acceptors (Lipinski definition) is 3. The Hall–Kier alpha value is -2.22. The Bertz CT molecular complexity index is 835. The van der Waals surface area contributed by atoms with Gasteiger partial charge in [-0.05, 0) is 12.5 Å². The van der Waals surface area contributed by atoms with E-state index in [-0.39, 0.29) is 24.6 Å². The number of nitrogens with zero attached hydrogens (tertiary/aromatic N) is 3. The molecule has 0 bridgehead atoms. The molecule has 0 radical (unpaired) electrons. The molecule has 1 amide bonds. The summed E-state index contributed by atoms with van der Waals surface area (Å²) in [6, 6.07) is 0. The van der Waals surface area contributed by atoms with Gasteiger partial charge in [0.2, 0.25) is 0 Å². The molecule has 3 heterocycles. The van der Waals surface area contributed by atoms with Gasteiger partial charge in [0.1, 0.15) is 0 Å². The smallest absolute Gasteiger partial charge is 0.345 e. The van der Waals surface area contributed by atoms with Crippen LogP contribution in [0.25, 0.3) is 10.9 Å². The van der Waals surface area contributed by atoms with Crippen LogP contribution in [0.1, 0.15) is 15.9 Å². The second-order valence-corrected chi connectivity index (χ2v) is 5.83. The Balaban J connectivity index is 1.95. The molecule has 1 saturated heterocycles. The van der Waals surface area contributed by atoms with Crippen LogP contribution in [-0.4, -0.2) is 45.7 Å². The molecule has 1 aliphatic heterocycles. The first kappa shape index (κ1) is 15.7. The fraction of sp³-hybridized carbons (Fsp3) is 0.467. The lowest BCUT2D eigenvalue weighted by Crippen LogP contribution is -2.55. The molecule has 2 aromatic heterocycles. The van der Waals surface area contributed by atoms with Crippen LogP contribution in [0.3, 0.4) is 0 Å². The third kappa shape index (κ3) is 2.52. The summed E-state index contributed by atoms with van der Waals surface area (Å²) in [5, 5.41) is 0.359. The molecule has 3 rings (SSSR count). The Morgan fingerprint density at radius 1 is 1.26 bits per heavy atom. The number of amides is 1. The molecule has 0 aromatic carbocycles. The molecule has 1 fully saturated rings. The molecule has 1 aliphatic rings. The van der Waals surface area contributed by atoms with E-state index in [0.29, 0.717) is 16.5 Å². The van der Waals surface area contributed by atoms with Crippen molar-refractivity contribution in [3.63, 3.8) is 0 Å². The maximum Gasteiger partial charge on any atom is 0.345 e. The molecular weight excluding hydrogens is 308 g/mol. The highest BCUT2D eigenvalue weighted by Gasteiger charge is 2.35. The van der Waals surface area contributed by atoms with E-state index in [4.69, 9.17) is 0 Å². The Labute approximate surface area is 130 Å². The van der Waals surface area contributed by atoms with Crippen LogP contribution in [0.15, 0.2) is 17.2 Å². The van der Waals surface area contributed by atoms with Crippen LogP contribution in [0.5, 0.6) is 0 Å². The SMILES string of the molecule is Cc1cn(C)c(=O)c2c(C(=O)N3CC(OC(F)F)C3)cn(C)c12. The fourth-order valence-electron chi connectivity index (χ4n) is 3.07. The largest absolute Gasteiger partial charge is 0.349 e. The van der Waals surface area contributed by atoms with Crippen LogP contribution in [0.4, 0.5) is 8.78 Å². The summed E-state index contributed by atoms with van der Waals surface area (Å²) < 4.78 is 31.8. The zero-order valence-electron chi connectivity index (χ0n) is 13.0. The van der Waals surface area contributed by atoms with E-state index in [0.717, 1.165) is 5.56 Å². The van der Waals surface area contributed by atoms with Crippen molar-refractivity contribution in [1.82, 2.24) is 14.0 Å². The molecule has 0 spiro atoms. The molecule has 0 saturated carbocycles. The summed E-state index contributed by atoms with van der Waals surface area (Å²) in [6.45, 7) is -0.770. The standard InChI is InChI=1S/C15H17F2N3O3/c1-8-4-19(3)14(22)11-10(7-18(2)12(8)11)13(21)20-5-9(6-20)23-15(16)17/h4,7,9,15H,5-6H2,1-3H3. The van der Waals surface area contributed by atoms with Crippen LogP contribution in [-0.2, 0) is 18.8 Å². The van der Waals surface area contributed by atoms with E-state index in [1.807, 2.05) is 6.92 Å². The van der Waals surface area contributed by atoms with Gasteiger partial charge in [0.15, 0.2) is 0 Å². The van der Waals surface area contributed by atoms with Gasteiger partial charge in [0, 0.05) is 39.6 Å². The highest BCUT2D eigenvalue weighted by atomic mass is 19.3. The van der Waals surface area contributed by atoms with Crippen molar-refractivity contribution < 1.29 is 18.3 Å². The first-order valence-corrected chi connectivity index (χ1v) is 7.17. The number of halogens is 2. The fourth-order valence-corrected chi connectivity index (χ4v) is 3.07. The number of aryl methyl sites for hydroxylation is 3. The van der Waals surface area contributed by atoms with Gasteiger partial charge >= 0.3 is 6.61 Å². The van der Waals surface area contributed by atoms with Gasteiger partial charge in [0.05, 0.1) is 22.6 Å². The first-order valence-electron chi connectivity index (χ1n) is 7.17. The molecule has 23 heavy (non-hydrogen) atoms. The predicted molar refractivity (Wildman–Crippen MR) is 79.7 cm³/mol. The number of likely N-dealkylation sites (tertiary alicyclic amines) is 1. The minimum absolute atomic E-state index is 0.103. The van der Waals surface area contributed by atoms with E-state index in [1.165, 1.54) is 9.47 Å². The van der Waals surface area contributed by atoms with Gasteiger partial charge in [-0.2, -0.15) is 8.78 Å². The number of hydrogen-bond donors (Lipinski definition) is 0. The van der Waals surface area contributed by atoms with E-state index >= 15 is 0 Å². The zero-order valence-corrected chi connectivity index (χ0v) is 13.0. The number of ether oxygens (including phenoxy) is 1. The quantitative estimate of drug-likeness (QED) is 0.853. The average Bonchev–Trinajstić information content (AvgIpc) is 2.77. The number of pyridine rings is 1. The second-order valence-electron chi connectivity index (χ2n) is 5.83. The number of carbonyl (C=O) groups is 1. The Morgan fingerprint density at radius 3 is 2.52 bits per heavy atom. The van der Waals surface area contributed by atoms with Crippen molar-refractivity contribution in [2.75, 3.05) is 13.1 Å². The van der Waals surface area contributed by atoms with E-state index in [9.17, 15) is 18.4 Å². The van der Waals surface area contributed by atoms with E-state index < -0.39 is 12.7 Å². The molecular formula is C15H17F2N3O3. The van der Waals surface area contributed by atoms with Gasteiger partial charge in [-0.15, -0.1) is 0 Å². The maximum absolute atomic E-state index is 12.6. The van der Waals surface area contributed by atoms with Crippen molar-refractivity contribution in [2.24, 2.45) is 14.1 Å². The van der Waals surface area contributed by atoms with Gasteiger partial charge in [-0.1, -0.05) is 0 Å². The summed E-state index contributed by atoms with van der Waals surface area (Å²) in [7, 11) is 3.40. The van der Waals surface area contributed by atoms with Gasteiger partial charge in [0.25, 0.3) is 11.5 Å². The number of aromatic nitrogens is 2. The highest BCUT2D eigenvalue weighted by Crippen LogP contribution is 2.24. The normalized spacial score (nSPS) is 15.5. The summed E-state index contributed by atoms with van der Waals surface area (Å²) in [4.78, 5) is 26.4. The predicted octanol–water partition coefficient (Wildman–Crippen LogP) is 1.25. The van der Waals surface area contributed by atoms with Crippen molar-refractivity contribution in [3.05, 3.63) is 33.9 Å². The lowest BCUT2D eigenvalue weighted by Gasteiger charge is -2.38. The summed E-state index contributed by atoms with van der Waals surface area (Å²) >= 11 is 0. The monoisotopic (exact) mass is 325 g/mol. The second kappa shape index (κ2) is 5.45. The minimum Gasteiger partial charge on any atom is -0.349 e. The molecule has 0 aliphatic carbocycles. The third-order valence-electron chi connectivity index (χ3n) is 4.14. The van der Waals surface area contributed by atoms with Crippen molar-refractivity contribution in [3.8, 4) is 0 Å².